The summed E-state index contributed by atoms with van der Waals surface area (Å²) in [5, 5.41) is 9.29. The number of hydrogen-bond donors (Lipinski definition) is 1. The highest BCUT2D eigenvalue weighted by Gasteiger charge is 2.45. The predicted molar refractivity (Wildman–Crippen MR) is 68.1 cm³/mol. The number of hydrogen-bond acceptors (Lipinski definition) is 2. The zero-order valence-electron chi connectivity index (χ0n) is 11.3. The monoisotopic (exact) mass is 253 g/mol. The normalized spacial score (nSPS) is 31.3. The maximum absolute atomic E-state index is 12.6. The quantitative estimate of drug-likeness (QED) is 0.821. The zero-order valence-corrected chi connectivity index (χ0v) is 11.3. The van der Waals surface area contributed by atoms with Crippen LogP contribution in [0.15, 0.2) is 0 Å². The molecule has 2 rings (SSSR count). The van der Waals surface area contributed by atoms with Gasteiger partial charge in [-0.3, -0.25) is 4.79 Å². The molecule has 2 fully saturated rings. The maximum atomic E-state index is 12.6. The Kier molecular flexibility index (Phi) is 3.64. The molecule has 1 saturated carbocycles. The van der Waals surface area contributed by atoms with Gasteiger partial charge in [0.05, 0.1) is 0 Å². The molecule has 0 aromatic heterocycles. The molecular weight excluding hydrogens is 230 g/mol. The van der Waals surface area contributed by atoms with E-state index >= 15 is 0 Å². The van der Waals surface area contributed by atoms with Crippen LogP contribution in [0.5, 0.6) is 0 Å². The first kappa shape index (κ1) is 13.4. The van der Waals surface area contributed by atoms with Gasteiger partial charge in [-0.1, -0.05) is 33.1 Å². The summed E-state index contributed by atoms with van der Waals surface area (Å²) in [4.78, 5) is 25.6. The summed E-state index contributed by atoms with van der Waals surface area (Å²) < 4.78 is 0. The molecule has 0 radical (unpaired) electrons. The lowest BCUT2D eigenvalue weighted by Gasteiger charge is -2.37. The first-order valence-corrected chi connectivity index (χ1v) is 6.99. The minimum atomic E-state index is -0.854. The van der Waals surface area contributed by atoms with Gasteiger partial charge in [0.15, 0.2) is 0 Å². The number of aliphatic carboxylic acids is 1. The molecule has 2 atom stereocenters. The lowest BCUT2D eigenvalue weighted by atomic mass is 9.74. The second kappa shape index (κ2) is 4.90. The molecular formula is C14H23NO3. The van der Waals surface area contributed by atoms with E-state index in [2.05, 4.69) is 0 Å². The summed E-state index contributed by atoms with van der Waals surface area (Å²) in [5.74, 6) is -0.717. The summed E-state index contributed by atoms with van der Waals surface area (Å²) in [5.41, 5.74) is -0.323. The standard InChI is InChI=1S/C14H23NO3/c1-10-6-9-15(11(10)12(16)17)13(18)14(2)7-4-3-5-8-14/h10-11H,3-9H2,1-2H3,(H,16,17). The van der Waals surface area contributed by atoms with Crippen molar-refractivity contribution in [3.8, 4) is 0 Å². The highest BCUT2D eigenvalue weighted by molar-refractivity contribution is 5.88. The van der Waals surface area contributed by atoms with Gasteiger partial charge in [-0.15, -0.1) is 0 Å². The molecule has 1 amide bonds. The zero-order chi connectivity index (χ0) is 13.3. The number of carboxylic acids is 1. The third-order valence-corrected chi connectivity index (χ3v) is 4.69. The first-order chi connectivity index (χ1) is 8.46. The highest BCUT2D eigenvalue weighted by Crippen LogP contribution is 2.39. The van der Waals surface area contributed by atoms with Crippen molar-refractivity contribution in [3.05, 3.63) is 0 Å². The fourth-order valence-electron chi connectivity index (χ4n) is 3.44. The minimum absolute atomic E-state index is 0.0682. The van der Waals surface area contributed by atoms with Crippen molar-refractivity contribution in [1.29, 1.82) is 0 Å². The predicted octanol–water partition coefficient (Wildman–Crippen LogP) is 2.28. The van der Waals surface area contributed by atoms with Crippen LogP contribution < -0.4 is 0 Å². The molecule has 0 aromatic rings. The van der Waals surface area contributed by atoms with E-state index in [0.29, 0.717) is 6.54 Å². The van der Waals surface area contributed by atoms with E-state index in [9.17, 15) is 14.7 Å². The Labute approximate surface area is 108 Å². The van der Waals surface area contributed by atoms with Crippen LogP contribution >= 0.6 is 0 Å². The average molecular weight is 253 g/mol. The smallest absolute Gasteiger partial charge is 0.326 e. The van der Waals surface area contributed by atoms with Crippen LogP contribution in [0.2, 0.25) is 0 Å². The summed E-state index contributed by atoms with van der Waals surface area (Å²) in [7, 11) is 0. The van der Waals surface area contributed by atoms with Gasteiger partial charge in [0.2, 0.25) is 5.91 Å². The fraction of sp³-hybridized carbons (Fsp3) is 0.857. The molecule has 0 spiro atoms. The molecule has 4 heteroatoms. The molecule has 2 aliphatic rings. The fourth-order valence-corrected chi connectivity index (χ4v) is 3.44. The van der Waals surface area contributed by atoms with Crippen molar-refractivity contribution in [1.82, 2.24) is 4.90 Å². The van der Waals surface area contributed by atoms with Crippen molar-refractivity contribution in [2.45, 2.75) is 58.4 Å². The molecule has 1 heterocycles. The van der Waals surface area contributed by atoms with E-state index < -0.39 is 12.0 Å². The molecule has 4 nitrogen and oxygen atoms in total. The average Bonchev–Trinajstić information content (AvgIpc) is 2.71. The van der Waals surface area contributed by atoms with E-state index in [1.807, 2.05) is 13.8 Å². The summed E-state index contributed by atoms with van der Waals surface area (Å²) in [6.45, 7) is 4.54. The Bertz CT molecular complexity index is 347. The van der Waals surface area contributed by atoms with Crippen LogP contribution in [0.1, 0.15) is 52.4 Å². The lowest BCUT2D eigenvalue weighted by molar-refractivity contribution is -0.154. The third-order valence-electron chi connectivity index (χ3n) is 4.69. The Morgan fingerprint density at radius 1 is 1.22 bits per heavy atom. The Morgan fingerprint density at radius 2 is 1.83 bits per heavy atom. The number of carbonyl (C=O) groups excluding carboxylic acids is 1. The van der Waals surface area contributed by atoms with Crippen molar-refractivity contribution in [3.63, 3.8) is 0 Å². The van der Waals surface area contributed by atoms with Crippen LogP contribution in [0.4, 0.5) is 0 Å². The van der Waals surface area contributed by atoms with E-state index in [4.69, 9.17) is 0 Å². The Morgan fingerprint density at radius 3 is 2.39 bits per heavy atom. The first-order valence-electron chi connectivity index (χ1n) is 6.99. The summed E-state index contributed by atoms with van der Waals surface area (Å²) in [6, 6.07) is -0.615. The number of likely N-dealkylation sites (tertiary alicyclic amines) is 1. The van der Waals surface area contributed by atoms with Crippen molar-refractivity contribution >= 4 is 11.9 Å². The largest absolute Gasteiger partial charge is 0.480 e. The second-order valence-electron chi connectivity index (χ2n) is 6.17. The van der Waals surface area contributed by atoms with Gasteiger partial charge in [0.1, 0.15) is 6.04 Å². The number of rotatable bonds is 2. The topological polar surface area (TPSA) is 57.6 Å². The van der Waals surface area contributed by atoms with E-state index in [-0.39, 0.29) is 17.2 Å². The van der Waals surface area contributed by atoms with Gasteiger partial charge in [-0.25, -0.2) is 4.79 Å². The third kappa shape index (κ3) is 2.25. The molecule has 1 aliphatic carbocycles. The number of carbonyl (C=O) groups is 2. The van der Waals surface area contributed by atoms with Crippen molar-refractivity contribution < 1.29 is 14.7 Å². The SMILES string of the molecule is CC1CCN(C(=O)C2(C)CCCCC2)C1C(=O)O. The number of carboxylic acid groups (broad SMARTS) is 1. The van der Waals surface area contributed by atoms with Crippen molar-refractivity contribution in [2.24, 2.45) is 11.3 Å². The minimum Gasteiger partial charge on any atom is -0.480 e. The molecule has 0 bridgehead atoms. The van der Waals surface area contributed by atoms with Gasteiger partial charge in [0, 0.05) is 12.0 Å². The van der Waals surface area contributed by atoms with E-state index in [1.54, 1.807) is 4.90 Å². The van der Waals surface area contributed by atoms with Gasteiger partial charge in [-0.05, 0) is 25.2 Å². The highest BCUT2D eigenvalue weighted by atomic mass is 16.4. The molecule has 18 heavy (non-hydrogen) atoms. The van der Waals surface area contributed by atoms with Crippen LogP contribution in [-0.4, -0.2) is 34.5 Å². The van der Waals surface area contributed by atoms with Gasteiger partial charge in [0.25, 0.3) is 0 Å². The van der Waals surface area contributed by atoms with Gasteiger partial charge in [-0.2, -0.15) is 0 Å². The molecule has 2 unspecified atom stereocenters. The van der Waals surface area contributed by atoms with Crippen LogP contribution in [-0.2, 0) is 9.59 Å². The van der Waals surface area contributed by atoms with Gasteiger partial charge < -0.3 is 10.0 Å². The molecule has 0 aromatic carbocycles. The number of amides is 1. The molecule has 1 N–H and O–H groups in total. The summed E-state index contributed by atoms with van der Waals surface area (Å²) in [6.07, 6.45) is 5.99. The number of nitrogens with zero attached hydrogens (tertiary/aromatic N) is 1. The molecule has 1 saturated heterocycles. The van der Waals surface area contributed by atoms with Crippen LogP contribution in [0.25, 0.3) is 0 Å². The lowest BCUT2D eigenvalue weighted by Crippen LogP contribution is -2.49. The van der Waals surface area contributed by atoms with E-state index in [0.717, 1.165) is 32.1 Å². The maximum Gasteiger partial charge on any atom is 0.326 e. The Balaban J connectivity index is 2.15. The molecule has 1 aliphatic heterocycles. The van der Waals surface area contributed by atoms with E-state index in [1.165, 1.54) is 6.42 Å². The van der Waals surface area contributed by atoms with Crippen molar-refractivity contribution in [2.75, 3.05) is 6.54 Å². The van der Waals surface area contributed by atoms with Crippen LogP contribution in [0, 0.1) is 11.3 Å². The molecule has 102 valence electrons. The second-order valence-corrected chi connectivity index (χ2v) is 6.17. The van der Waals surface area contributed by atoms with Gasteiger partial charge >= 0.3 is 5.97 Å². The Hall–Kier alpha value is -1.06. The summed E-state index contributed by atoms with van der Waals surface area (Å²) >= 11 is 0. The van der Waals surface area contributed by atoms with Crippen LogP contribution in [0.3, 0.4) is 0 Å².